The lowest BCUT2D eigenvalue weighted by Crippen LogP contribution is -2.34. The summed E-state index contributed by atoms with van der Waals surface area (Å²) in [5.41, 5.74) is 1.71. The van der Waals surface area contributed by atoms with Gasteiger partial charge in [0.1, 0.15) is 22.6 Å². The molecule has 1 unspecified atom stereocenters. The fraction of sp³-hybridized carbons (Fsp3) is 0.304. The molecular formula is C23H23ClN2O4. The summed E-state index contributed by atoms with van der Waals surface area (Å²) >= 11 is 6.12. The van der Waals surface area contributed by atoms with Gasteiger partial charge in [0.2, 0.25) is 5.55 Å². The maximum absolute atomic E-state index is 13.0. The van der Waals surface area contributed by atoms with Crippen LogP contribution in [0, 0.1) is 0 Å². The second-order valence-electron chi connectivity index (χ2n) is 7.00. The number of hydrogen-bond donors (Lipinski definition) is 1. The summed E-state index contributed by atoms with van der Waals surface area (Å²) < 4.78 is 17.3. The number of carbonyl (C=O) groups is 1. The van der Waals surface area contributed by atoms with Crippen LogP contribution in [0.25, 0.3) is 11.0 Å². The zero-order valence-electron chi connectivity index (χ0n) is 16.7. The maximum atomic E-state index is 13.0. The number of fused-ring (bicyclic) bond motifs is 1. The summed E-state index contributed by atoms with van der Waals surface area (Å²) in [6.45, 7) is 3.60. The number of ether oxygens (including phenoxy) is 2. The van der Waals surface area contributed by atoms with Gasteiger partial charge in [-0.15, -0.1) is 0 Å². The summed E-state index contributed by atoms with van der Waals surface area (Å²) in [6, 6.07) is 14.4. The van der Waals surface area contributed by atoms with Crippen LogP contribution < -0.4 is 15.6 Å². The predicted molar refractivity (Wildman–Crippen MR) is 115 cm³/mol. The third-order valence-electron chi connectivity index (χ3n) is 4.85. The minimum absolute atomic E-state index is 0.0415. The molecule has 1 amide bonds. The van der Waals surface area contributed by atoms with Crippen molar-refractivity contribution in [2.45, 2.75) is 25.9 Å². The molecule has 6 nitrogen and oxygen atoms in total. The predicted octanol–water partition coefficient (Wildman–Crippen LogP) is 4.63. The van der Waals surface area contributed by atoms with Crippen LogP contribution in [0.2, 0.25) is 5.02 Å². The molecule has 3 aromatic rings. The van der Waals surface area contributed by atoms with Gasteiger partial charge in [0.15, 0.2) is 0 Å². The molecule has 1 atom stereocenters. The maximum Gasteiger partial charge on any atom is 0.256 e. The van der Waals surface area contributed by atoms with E-state index < -0.39 is 0 Å². The van der Waals surface area contributed by atoms with Crippen LogP contribution in [0.4, 0.5) is 5.69 Å². The Hall–Kier alpha value is -2.83. The van der Waals surface area contributed by atoms with Crippen LogP contribution in [0.15, 0.2) is 57.9 Å². The molecule has 7 heteroatoms. The summed E-state index contributed by atoms with van der Waals surface area (Å²) in [5.74, 6) is 0.348. The molecule has 0 saturated carbocycles. The third kappa shape index (κ3) is 4.66. The van der Waals surface area contributed by atoms with E-state index in [1.807, 2.05) is 31.2 Å². The SMILES string of the molecule is CCOc1ccccc1N=c1oc2ccc(Cl)cc2cc1C(=O)NCC1CCCO1. The number of hydrogen-bond acceptors (Lipinski definition) is 5. The van der Waals surface area contributed by atoms with Crippen molar-refractivity contribution in [2.75, 3.05) is 19.8 Å². The van der Waals surface area contributed by atoms with Crippen molar-refractivity contribution in [3.63, 3.8) is 0 Å². The van der Waals surface area contributed by atoms with Gasteiger partial charge in [-0.25, -0.2) is 4.99 Å². The van der Waals surface area contributed by atoms with E-state index in [0.717, 1.165) is 24.8 Å². The topological polar surface area (TPSA) is 73.1 Å². The quantitative estimate of drug-likeness (QED) is 0.623. The van der Waals surface area contributed by atoms with Gasteiger partial charge in [0.05, 0.1) is 12.7 Å². The Morgan fingerprint density at radius 1 is 1.27 bits per heavy atom. The van der Waals surface area contributed by atoms with E-state index in [-0.39, 0.29) is 17.6 Å². The van der Waals surface area contributed by atoms with Crippen molar-refractivity contribution in [1.82, 2.24) is 5.32 Å². The highest BCUT2D eigenvalue weighted by Gasteiger charge is 2.19. The fourth-order valence-corrected chi connectivity index (χ4v) is 3.57. The molecule has 1 aliphatic heterocycles. The normalized spacial score (nSPS) is 16.7. The molecule has 1 aliphatic rings. The number of carbonyl (C=O) groups excluding carboxylic acids is 1. The summed E-state index contributed by atoms with van der Waals surface area (Å²) in [5, 5.41) is 4.23. The van der Waals surface area contributed by atoms with Crippen molar-refractivity contribution in [2.24, 2.45) is 4.99 Å². The molecule has 1 N–H and O–H groups in total. The van der Waals surface area contributed by atoms with Crippen LogP contribution in [-0.2, 0) is 4.74 Å². The van der Waals surface area contributed by atoms with Gasteiger partial charge < -0.3 is 19.2 Å². The van der Waals surface area contributed by atoms with E-state index in [1.54, 1.807) is 24.3 Å². The van der Waals surface area contributed by atoms with Crippen molar-refractivity contribution in [1.29, 1.82) is 0 Å². The number of amides is 1. The first-order chi connectivity index (χ1) is 14.6. The Balaban J connectivity index is 1.77. The van der Waals surface area contributed by atoms with Crippen molar-refractivity contribution in [3.8, 4) is 5.75 Å². The zero-order valence-corrected chi connectivity index (χ0v) is 17.4. The van der Waals surface area contributed by atoms with Gasteiger partial charge >= 0.3 is 0 Å². The molecule has 0 radical (unpaired) electrons. The largest absolute Gasteiger partial charge is 0.492 e. The average Bonchev–Trinajstić information content (AvgIpc) is 3.27. The number of halogens is 1. The lowest BCUT2D eigenvalue weighted by Gasteiger charge is -2.11. The molecule has 1 fully saturated rings. The fourth-order valence-electron chi connectivity index (χ4n) is 3.39. The van der Waals surface area contributed by atoms with Crippen LogP contribution in [0.5, 0.6) is 5.75 Å². The molecular weight excluding hydrogens is 404 g/mol. The van der Waals surface area contributed by atoms with Crippen LogP contribution in [0.1, 0.15) is 30.1 Å². The van der Waals surface area contributed by atoms with E-state index in [9.17, 15) is 4.79 Å². The molecule has 1 aromatic heterocycles. The van der Waals surface area contributed by atoms with Crippen molar-refractivity contribution >= 4 is 34.2 Å². The molecule has 4 rings (SSSR count). The average molecular weight is 427 g/mol. The Bertz CT molecular complexity index is 1120. The number of para-hydroxylation sites is 2. The van der Waals surface area contributed by atoms with Gasteiger partial charge in [0, 0.05) is 23.6 Å². The molecule has 0 aliphatic carbocycles. The number of nitrogens with one attached hydrogen (secondary N) is 1. The second-order valence-corrected chi connectivity index (χ2v) is 7.44. The van der Waals surface area contributed by atoms with E-state index in [2.05, 4.69) is 10.3 Å². The molecule has 0 bridgehead atoms. The van der Waals surface area contributed by atoms with Crippen LogP contribution in [0.3, 0.4) is 0 Å². The van der Waals surface area contributed by atoms with E-state index in [1.165, 1.54) is 0 Å². The summed E-state index contributed by atoms with van der Waals surface area (Å²) in [4.78, 5) is 17.6. The standard InChI is InChI=1S/C23H23ClN2O4/c1-2-28-21-8-4-3-7-19(21)26-23-18(22(27)25-14-17-6-5-11-29-17)13-15-12-16(24)9-10-20(15)30-23/h3-4,7-10,12-13,17H,2,5-6,11,14H2,1H3,(H,25,27). The number of nitrogens with zero attached hydrogens (tertiary/aromatic N) is 1. The molecule has 2 aromatic carbocycles. The van der Waals surface area contributed by atoms with Gasteiger partial charge in [-0.2, -0.15) is 0 Å². The Morgan fingerprint density at radius 2 is 2.13 bits per heavy atom. The lowest BCUT2D eigenvalue weighted by atomic mass is 10.1. The van der Waals surface area contributed by atoms with Gasteiger partial charge in [-0.3, -0.25) is 4.79 Å². The molecule has 30 heavy (non-hydrogen) atoms. The number of benzene rings is 2. The molecule has 0 spiro atoms. The summed E-state index contributed by atoms with van der Waals surface area (Å²) in [7, 11) is 0. The second kappa shape index (κ2) is 9.32. The first-order valence-electron chi connectivity index (χ1n) is 10.0. The van der Waals surface area contributed by atoms with Crippen molar-refractivity contribution in [3.05, 3.63) is 64.7 Å². The monoisotopic (exact) mass is 426 g/mol. The highest BCUT2D eigenvalue weighted by molar-refractivity contribution is 6.31. The smallest absolute Gasteiger partial charge is 0.256 e. The molecule has 1 saturated heterocycles. The lowest BCUT2D eigenvalue weighted by molar-refractivity contribution is 0.0854. The third-order valence-corrected chi connectivity index (χ3v) is 5.09. The first kappa shape index (κ1) is 20.4. The van der Waals surface area contributed by atoms with E-state index in [0.29, 0.717) is 40.8 Å². The van der Waals surface area contributed by atoms with E-state index in [4.69, 9.17) is 25.5 Å². The molecule has 156 valence electrons. The Labute approximate surface area is 179 Å². The van der Waals surface area contributed by atoms with Crippen molar-refractivity contribution < 1.29 is 18.7 Å². The number of rotatable bonds is 6. The summed E-state index contributed by atoms with van der Waals surface area (Å²) in [6.07, 6.45) is 2.00. The zero-order chi connectivity index (χ0) is 20.9. The van der Waals surface area contributed by atoms with Gasteiger partial charge in [0.25, 0.3) is 5.91 Å². The Morgan fingerprint density at radius 3 is 2.93 bits per heavy atom. The van der Waals surface area contributed by atoms with Gasteiger partial charge in [-0.1, -0.05) is 23.7 Å². The highest BCUT2D eigenvalue weighted by atomic mass is 35.5. The highest BCUT2D eigenvalue weighted by Crippen LogP contribution is 2.27. The first-order valence-corrected chi connectivity index (χ1v) is 10.4. The van der Waals surface area contributed by atoms with Gasteiger partial charge in [-0.05, 0) is 56.2 Å². The van der Waals surface area contributed by atoms with E-state index >= 15 is 0 Å². The Kier molecular flexibility index (Phi) is 6.35. The van der Waals surface area contributed by atoms with Crippen LogP contribution in [-0.4, -0.2) is 31.8 Å². The minimum atomic E-state index is -0.274. The molecule has 2 heterocycles. The minimum Gasteiger partial charge on any atom is -0.492 e. The van der Waals surface area contributed by atoms with Crippen LogP contribution >= 0.6 is 11.6 Å².